The molecular formula is C17H13F3N2O3S2. The number of para-hydroxylation sites is 1. The normalized spacial score (nSPS) is 17.3. The van der Waals surface area contributed by atoms with Gasteiger partial charge in [0, 0.05) is 12.1 Å². The molecule has 3 heterocycles. The summed E-state index contributed by atoms with van der Waals surface area (Å²) >= 11 is 0.861. The molecule has 0 fully saturated rings. The number of anilines is 1. The van der Waals surface area contributed by atoms with E-state index in [1.54, 1.807) is 12.1 Å². The fraction of sp³-hybridized carbons (Fsp3) is 0.235. The quantitative estimate of drug-likeness (QED) is 0.630. The largest absolute Gasteiger partial charge is 0.452 e. The molecule has 10 heteroatoms. The summed E-state index contributed by atoms with van der Waals surface area (Å²) in [5, 5.41) is 3.40. The SMILES string of the molecule is C[C@@H]1Cc2ccccc2N1S(=O)(=O)c1ccc(-c2cc(C(F)(F)F)on2)s1. The molecule has 0 unspecified atom stereocenters. The number of fused-ring (bicyclic) bond motifs is 1. The van der Waals surface area contributed by atoms with Gasteiger partial charge in [0.05, 0.1) is 10.6 Å². The predicted molar refractivity (Wildman–Crippen MR) is 94.1 cm³/mol. The maximum Gasteiger partial charge on any atom is 0.452 e. The van der Waals surface area contributed by atoms with E-state index in [1.165, 1.54) is 16.4 Å². The molecule has 0 aliphatic carbocycles. The second kappa shape index (κ2) is 6.10. The third kappa shape index (κ3) is 3.02. The third-order valence-electron chi connectivity index (χ3n) is 4.28. The molecule has 0 amide bonds. The summed E-state index contributed by atoms with van der Waals surface area (Å²) in [7, 11) is -3.84. The van der Waals surface area contributed by atoms with E-state index in [-0.39, 0.29) is 20.8 Å². The molecule has 5 nitrogen and oxygen atoms in total. The first-order chi connectivity index (χ1) is 12.7. The number of hydrogen-bond acceptors (Lipinski definition) is 5. The Morgan fingerprint density at radius 2 is 1.96 bits per heavy atom. The van der Waals surface area contributed by atoms with Gasteiger partial charge in [-0.3, -0.25) is 4.31 Å². The zero-order valence-corrected chi connectivity index (χ0v) is 15.5. The zero-order chi connectivity index (χ0) is 19.4. The van der Waals surface area contributed by atoms with Crippen molar-refractivity contribution >= 4 is 27.0 Å². The summed E-state index contributed by atoms with van der Waals surface area (Å²) in [4.78, 5) is 0.285. The first-order valence-corrected chi connectivity index (χ1v) is 10.2. The van der Waals surface area contributed by atoms with Crippen LogP contribution in [0.15, 0.2) is 51.2 Å². The van der Waals surface area contributed by atoms with Crippen molar-refractivity contribution in [2.75, 3.05) is 4.31 Å². The molecule has 0 bridgehead atoms. The van der Waals surface area contributed by atoms with Gasteiger partial charge in [-0.2, -0.15) is 13.2 Å². The summed E-state index contributed by atoms with van der Waals surface area (Å²) in [5.41, 5.74) is 1.51. The number of sulfonamides is 1. The van der Waals surface area contributed by atoms with E-state index in [2.05, 4.69) is 9.68 Å². The van der Waals surface area contributed by atoms with E-state index in [0.717, 1.165) is 23.0 Å². The summed E-state index contributed by atoms with van der Waals surface area (Å²) in [6.45, 7) is 1.82. The fourth-order valence-corrected chi connectivity index (χ4v) is 6.16. The Balaban J connectivity index is 1.70. The Hall–Kier alpha value is -2.33. The number of aromatic nitrogens is 1. The molecule has 1 aliphatic rings. The molecule has 3 aromatic rings. The Labute approximate surface area is 157 Å². The molecule has 0 radical (unpaired) electrons. The van der Waals surface area contributed by atoms with Gasteiger partial charge < -0.3 is 4.52 Å². The van der Waals surface area contributed by atoms with Crippen LogP contribution >= 0.6 is 11.3 Å². The van der Waals surface area contributed by atoms with E-state index < -0.39 is 22.0 Å². The maximum absolute atomic E-state index is 13.1. The lowest BCUT2D eigenvalue weighted by atomic mass is 10.1. The Morgan fingerprint density at radius 1 is 1.22 bits per heavy atom. The van der Waals surface area contributed by atoms with Gasteiger partial charge in [-0.15, -0.1) is 11.3 Å². The number of rotatable bonds is 3. The van der Waals surface area contributed by atoms with Crippen molar-refractivity contribution in [2.24, 2.45) is 0 Å². The monoisotopic (exact) mass is 414 g/mol. The van der Waals surface area contributed by atoms with Gasteiger partial charge in [-0.1, -0.05) is 23.4 Å². The number of benzene rings is 1. The number of halogens is 3. The molecule has 1 aliphatic heterocycles. The highest BCUT2D eigenvalue weighted by atomic mass is 32.2. The number of thiophene rings is 1. The van der Waals surface area contributed by atoms with Crippen LogP contribution in [-0.4, -0.2) is 19.6 Å². The lowest BCUT2D eigenvalue weighted by Crippen LogP contribution is -2.35. The van der Waals surface area contributed by atoms with Crippen LogP contribution in [0, 0.1) is 0 Å². The standard InChI is InChI=1S/C17H13F3N2O3S2/c1-10-8-11-4-2-3-5-13(11)22(10)27(23,24)16-7-6-14(26-16)12-9-15(25-21-12)17(18,19)20/h2-7,9-10H,8H2,1H3/t10-/m1/s1. The van der Waals surface area contributed by atoms with Crippen LogP contribution in [0.3, 0.4) is 0 Å². The van der Waals surface area contributed by atoms with Gasteiger partial charge in [0.1, 0.15) is 9.90 Å². The first-order valence-electron chi connectivity index (χ1n) is 7.94. The zero-order valence-electron chi connectivity index (χ0n) is 13.9. The minimum Gasteiger partial charge on any atom is -0.351 e. The number of alkyl halides is 3. The number of hydrogen-bond donors (Lipinski definition) is 0. The van der Waals surface area contributed by atoms with Crippen LogP contribution in [0.25, 0.3) is 10.6 Å². The average molecular weight is 414 g/mol. The van der Waals surface area contributed by atoms with Gasteiger partial charge in [0.15, 0.2) is 0 Å². The topological polar surface area (TPSA) is 63.4 Å². The van der Waals surface area contributed by atoms with Crippen LogP contribution < -0.4 is 4.31 Å². The van der Waals surface area contributed by atoms with Gasteiger partial charge in [-0.25, -0.2) is 8.42 Å². The highest BCUT2D eigenvalue weighted by Crippen LogP contribution is 2.40. The molecule has 142 valence electrons. The summed E-state index contributed by atoms with van der Waals surface area (Å²) in [5.74, 6) is -1.22. The van der Waals surface area contributed by atoms with E-state index in [0.29, 0.717) is 12.1 Å². The lowest BCUT2D eigenvalue weighted by molar-refractivity contribution is -0.155. The second-order valence-electron chi connectivity index (χ2n) is 6.18. The minimum atomic E-state index is -4.65. The van der Waals surface area contributed by atoms with Gasteiger partial charge in [0.25, 0.3) is 10.0 Å². The van der Waals surface area contributed by atoms with Crippen molar-refractivity contribution in [1.82, 2.24) is 5.16 Å². The van der Waals surface area contributed by atoms with Crippen LogP contribution in [0.2, 0.25) is 0 Å². The van der Waals surface area contributed by atoms with E-state index >= 15 is 0 Å². The number of nitrogens with zero attached hydrogens (tertiary/aromatic N) is 2. The fourth-order valence-electron chi connectivity index (χ4n) is 3.12. The Bertz CT molecular complexity index is 1100. The summed E-state index contributed by atoms with van der Waals surface area (Å²) in [6, 6.07) is 10.6. The van der Waals surface area contributed by atoms with E-state index in [4.69, 9.17) is 0 Å². The summed E-state index contributed by atoms with van der Waals surface area (Å²) < 4.78 is 70.0. The van der Waals surface area contributed by atoms with Gasteiger partial charge >= 0.3 is 6.18 Å². The van der Waals surface area contributed by atoms with Crippen LogP contribution in [-0.2, 0) is 22.6 Å². The Kier molecular flexibility index (Phi) is 4.08. The molecule has 0 N–H and O–H groups in total. The molecule has 0 saturated heterocycles. The van der Waals surface area contributed by atoms with Crippen molar-refractivity contribution in [1.29, 1.82) is 0 Å². The molecule has 1 aromatic carbocycles. The van der Waals surface area contributed by atoms with Crippen molar-refractivity contribution < 1.29 is 26.1 Å². The van der Waals surface area contributed by atoms with Crippen molar-refractivity contribution in [3.63, 3.8) is 0 Å². The highest BCUT2D eigenvalue weighted by molar-refractivity contribution is 7.94. The maximum atomic E-state index is 13.1. The van der Waals surface area contributed by atoms with Crippen molar-refractivity contribution in [3.8, 4) is 10.6 Å². The minimum absolute atomic E-state index is 0.0395. The smallest absolute Gasteiger partial charge is 0.351 e. The molecule has 2 aromatic heterocycles. The first kappa shape index (κ1) is 18.1. The lowest BCUT2D eigenvalue weighted by Gasteiger charge is -2.23. The highest BCUT2D eigenvalue weighted by Gasteiger charge is 2.38. The van der Waals surface area contributed by atoms with E-state index in [9.17, 15) is 21.6 Å². The average Bonchev–Trinajstić information content (AvgIpc) is 3.31. The third-order valence-corrected chi connectivity index (χ3v) is 7.78. The molecule has 1 atom stereocenters. The molecule has 27 heavy (non-hydrogen) atoms. The summed E-state index contributed by atoms with van der Waals surface area (Å²) in [6.07, 6.45) is -4.04. The van der Waals surface area contributed by atoms with Crippen LogP contribution in [0.5, 0.6) is 0 Å². The molecule has 0 saturated carbocycles. The Morgan fingerprint density at radius 3 is 2.67 bits per heavy atom. The molecule has 0 spiro atoms. The predicted octanol–water partition coefficient (Wildman–Crippen LogP) is 4.56. The van der Waals surface area contributed by atoms with Gasteiger partial charge in [0.2, 0.25) is 5.76 Å². The molecule has 4 rings (SSSR count). The second-order valence-corrected chi connectivity index (χ2v) is 9.30. The van der Waals surface area contributed by atoms with Gasteiger partial charge in [-0.05, 0) is 37.1 Å². The van der Waals surface area contributed by atoms with Crippen molar-refractivity contribution in [3.05, 3.63) is 53.8 Å². The van der Waals surface area contributed by atoms with Crippen LogP contribution in [0.4, 0.5) is 18.9 Å². The van der Waals surface area contributed by atoms with E-state index in [1.807, 2.05) is 19.1 Å². The van der Waals surface area contributed by atoms with Crippen molar-refractivity contribution in [2.45, 2.75) is 29.8 Å². The van der Waals surface area contributed by atoms with Crippen LogP contribution in [0.1, 0.15) is 18.2 Å². The molecular weight excluding hydrogens is 401 g/mol.